The number of carbonyl (C=O) groups is 3. The van der Waals surface area contributed by atoms with Crippen molar-refractivity contribution in [3.05, 3.63) is 108 Å². The average Bonchev–Trinajstić information content (AvgIpc) is 2.76. The van der Waals surface area contributed by atoms with Crippen molar-refractivity contribution in [2.24, 2.45) is 5.41 Å². The van der Waals surface area contributed by atoms with Gasteiger partial charge in [0.25, 0.3) is 0 Å². The predicted molar refractivity (Wildman–Crippen MR) is 109 cm³/mol. The molecule has 3 rings (SSSR count). The van der Waals surface area contributed by atoms with Crippen LogP contribution >= 0.6 is 0 Å². The summed E-state index contributed by atoms with van der Waals surface area (Å²) in [4.78, 5) is 40.5. The minimum atomic E-state index is -1.70. The molecule has 0 aliphatic carbocycles. The SMILES string of the molecule is O=C(c1ccccc1)C([CH2][GeH3])(C(=O)c1ccccc1)C(=O)c1ccccc1. The molecule has 0 amide bonds. The van der Waals surface area contributed by atoms with Crippen LogP contribution in [0, 0.1) is 5.41 Å². The number of hydrogen-bond acceptors (Lipinski definition) is 3. The summed E-state index contributed by atoms with van der Waals surface area (Å²) in [6, 6.07) is 25.9. The zero-order chi connectivity index (χ0) is 19.3. The first-order valence-electron chi connectivity index (χ1n) is 8.91. The fraction of sp³-hybridized carbons (Fsp3) is 0.0870. The van der Waals surface area contributed by atoms with E-state index in [9.17, 15) is 14.4 Å². The summed E-state index contributed by atoms with van der Waals surface area (Å²) in [5.41, 5.74) is -0.551. The van der Waals surface area contributed by atoms with Crippen LogP contribution in [0.3, 0.4) is 0 Å². The number of benzene rings is 3. The summed E-state index contributed by atoms with van der Waals surface area (Å²) in [5.74, 6) is -1.25. The van der Waals surface area contributed by atoms with Crippen molar-refractivity contribution < 1.29 is 14.4 Å². The molecule has 0 saturated carbocycles. The Morgan fingerprint density at radius 1 is 0.556 bits per heavy atom. The molecule has 0 spiro atoms. The second kappa shape index (κ2) is 8.27. The fourth-order valence-corrected chi connectivity index (χ4v) is 5.32. The summed E-state index contributed by atoms with van der Waals surface area (Å²) in [6.07, 6.45) is 0. The van der Waals surface area contributed by atoms with E-state index in [0.29, 0.717) is 16.7 Å². The van der Waals surface area contributed by atoms with Gasteiger partial charge in [-0.2, -0.15) is 0 Å². The third-order valence-corrected chi connectivity index (χ3v) is 7.03. The molecule has 0 saturated heterocycles. The van der Waals surface area contributed by atoms with Gasteiger partial charge in [0.15, 0.2) is 0 Å². The fourth-order valence-electron chi connectivity index (χ4n) is 3.30. The molecule has 0 aromatic heterocycles. The molecule has 0 aliphatic rings. The van der Waals surface area contributed by atoms with E-state index in [0.717, 1.165) is 0 Å². The van der Waals surface area contributed by atoms with Crippen molar-refractivity contribution in [2.75, 3.05) is 0 Å². The maximum atomic E-state index is 13.5. The number of ketones is 3. The second-order valence-electron chi connectivity index (χ2n) is 6.34. The van der Waals surface area contributed by atoms with Crippen molar-refractivity contribution in [1.29, 1.82) is 0 Å². The first-order valence-corrected chi connectivity index (χ1v) is 11.9. The summed E-state index contributed by atoms with van der Waals surface area (Å²) in [5, 5.41) is 0.273. The Morgan fingerprint density at radius 2 is 0.815 bits per heavy atom. The van der Waals surface area contributed by atoms with E-state index in [-0.39, 0.29) is 21.8 Å². The summed E-state index contributed by atoms with van der Waals surface area (Å²) < 4.78 is 0. The number of hydrogen-bond donors (Lipinski definition) is 0. The Kier molecular flexibility index (Phi) is 5.82. The first kappa shape index (κ1) is 19.0. The van der Waals surface area contributed by atoms with Gasteiger partial charge in [-0.1, -0.05) is 0 Å². The van der Waals surface area contributed by atoms with Crippen LogP contribution in [0.1, 0.15) is 31.1 Å². The van der Waals surface area contributed by atoms with Crippen molar-refractivity contribution in [1.82, 2.24) is 0 Å². The van der Waals surface area contributed by atoms with Crippen molar-refractivity contribution in [2.45, 2.75) is 5.25 Å². The average molecular weight is 417 g/mol. The first-order chi connectivity index (χ1) is 13.1. The van der Waals surface area contributed by atoms with Crippen LogP contribution in [0.25, 0.3) is 0 Å². The molecule has 0 unspecified atom stereocenters. The standard InChI is InChI=1S/C23H20GeO3/c24-16-23(20(25)17-10-4-1-5-11-17,21(26)18-12-6-2-7-13-18)22(27)19-14-8-3-9-15-19/h1-15H,16H2,24H3. The van der Waals surface area contributed by atoms with Crippen molar-refractivity contribution >= 4 is 33.9 Å². The Bertz CT molecular complexity index is 825. The van der Waals surface area contributed by atoms with E-state index in [1.165, 1.54) is 0 Å². The quantitative estimate of drug-likeness (QED) is 0.337. The molecule has 0 fully saturated rings. The van der Waals surface area contributed by atoms with Crippen LogP contribution in [0.4, 0.5) is 0 Å². The Hall–Kier alpha value is -2.79. The maximum absolute atomic E-state index is 13.5. The minimum absolute atomic E-state index is 0.117. The Labute approximate surface area is 166 Å². The van der Waals surface area contributed by atoms with Crippen LogP contribution in [0.15, 0.2) is 91.0 Å². The number of carbonyl (C=O) groups excluding carboxylic acids is 3. The van der Waals surface area contributed by atoms with Gasteiger partial charge >= 0.3 is 167 Å². The Balaban J connectivity index is 2.20. The summed E-state index contributed by atoms with van der Waals surface area (Å²) in [6.45, 7) is 0. The topological polar surface area (TPSA) is 51.2 Å². The molecule has 3 nitrogen and oxygen atoms in total. The van der Waals surface area contributed by atoms with Crippen molar-refractivity contribution in [3.8, 4) is 0 Å². The molecule has 0 N–H and O–H groups in total. The van der Waals surface area contributed by atoms with Gasteiger partial charge in [-0.3, -0.25) is 0 Å². The third kappa shape index (κ3) is 3.55. The van der Waals surface area contributed by atoms with Crippen LogP contribution in [-0.2, 0) is 0 Å². The van der Waals surface area contributed by atoms with Gasteiger partial charge in [-0.05, 0) is 0 Å². The van der Waals surface area contributed by atoms with Gasteiger partial charge in [0.1, 0.15) is 0 Å². The van der Waals surface area contributed by atoms with Crippen LogP contribution in [-0.4, -0.2) is 33.9 Å². The molecular formula is C23H20GeO3. The van der Waals surface area contributed by atoms with Gasteiger partial charge in [0.05, 0.1) is 0 Å². The van der Waals surface area contributed by atoms with E-state index < -0.39 is 22.8 Å². The molecule has 134 valence electrons. The second-order valence-corrected chi connectivity index (χ2v) is 7.83. The normalized spacial score (nSPS) is 11.1. The van der Waals surface area contributed by atoms with E-state index in [2.05, 4.69) is 0 Å². The van der Waals surface area contributed by atoms with E-state index in [1.54, 1.807) is 91.0 Å². The molecule has 0 radical (unpaired) electrons. The van der Waals surface area contributed by atoms with E-state index >= 15 is 0 Å². The molecule has 3 aromatic rings. The zero-order valence-electron chi connectivity index (χ0n) is 15.1. The number of Topliss-reactive ketones (excluding diaryl/α,β-unsaturated/α-hetero) is 3. The molecule has 27 heavy (non-hydrogen) atoms. The van der Waals surface area contributed by atoms with Crippen LogP contribution in [0.5, 0.6) is 0 Å². The van der Waals surface area contributed by atoms with Crippen LogP contribution < -0.4 is 0 Å². The van der Waals surface area contributed by atoms with Crippen LogP contribution in [0.2, 0.25) is 5.25 Å². The Morgan fingerprint density at radius 3 is 1.04 bits per heavy atom. The predicted octanol–water partition coefficient (Wildman–Crippen LogP) is 3.41. The summed E-state index contributed by atoms with van der Waals surface area (Å²) in [7, 11) is 0. The van der Waals surface area contributed by atoms with Gasteiger partial charge in [0.2, 0.25) is 0 Å². The van der Waals surface area contributed by atoms with Gasteiger partial charge in [-0.25, -0.2) is 0 Å². The van der Waals surface area contributed by atoms with Crippen molar-refractivity contribution in [3.63, 3.8) is 0 Å². The van der Waals surface area contributed by atoms with Gasteiger partial charge in [-0.15, -0.1) is 0 Å². The van der Waals surface area contributed by atoms with E-state index in [1.807, 2.05) is 0 Å². The van der Waals surface area contributed by atoms with Gasteiger partial charge in [0, 0.05) is 0 Å². The number of rotatable bonds is 7. The zero-order valence-corrected chi connectivity index (χ0v) is 19.3. The van der Waals surface area contributed by atoms with Gasteiger partial charge < -0.3 is 0 Å². The molecule has 0 bridgehead atoms. The monoisotopic (exact) mass is 418 g/mol. The molecule has 4 heteroatoms. The molecule has 0 heterocycles. The van der Waals surface area contributed by atoms with E-state index in [4.69, 9.17) is 0 Å². The molecule has 0 atom stereocenters. The molecule has 0 aliphatic heterocycles. The third-order valence-electron chi connectivity index (χ3n) is 4.80. The summed E-state index contributed by atoms with van der Waals surface area (Å²) >= 11 is 0.117. The molecule has 3 aromatic carbocycles. The molecular weight excluding hydrogens is 397 g/mol.